The Morgan fingerprint density at radius 2 is 2.10 bits per heavy atom. The van der Waals surface area contributed by atoms with Gasteiger partial charge in [-0.1, -0.05) is 35.3 Å². The molecule has 1 aliphatic carbocycles. The zero-order valence-electron chi connectivity index (χ0n) is 11.1. The molecule has 2 rings (SSSR count). The monoisotopic (exact) mass is 336 g/mol. The molecule has 3 N–H and O–H groups in total. The molecule has 6 heteroatoms. The van der Waals surface area contributed by atoms with E-state index in [1.165, 1.54) is 0 Å². The van der Waals surface area contributed by atoms with Crippen molar-refractivity contribution in [1.82, 2.24) is 5.32 Å². The molecule has 0 spiro atoms. The van der Waals surface area contributed by atoms with E-state index in [2.05, 4.69) is 5.32 Å². The molecule has 0 aromatic heterocycles. The van der Waals surface area contributed by atoms with Gasteiger partial charge in [0.05, 0.1) is 10.0 Å². The minimum absolute atomic E-state index is 0. The zero-order chi connectivity index (χ0) is 13.8. The van der Waals surface area contributed by atoms with Crippen molar-refractivity contribution in [3.8, 4) is 0 Å². The number of carbonyl (C=O) groups excluding carboxylic acids is 1. The summed E-state index contributed by atoms with van der Waals surface area (Å²) in [5, 5.41) is 4.07. The lowest BCUT2D eigenvalue weighted by atomic mass is 10.1. The van der Waals surface area contributed by atoms with Gasteiger partial charge in [-0.25, -0.2) is 0 Å². The van der Waals surface area contributed by atoms with E-state index in [0.717, 1.165) is 24.8 Å². The second-order valence-electron chi connectivity index (χ2n) is 4.88. The maximum atomic E-state index is 11.9. The van der Waals surface area contributed by atoms with Gasteiger partial charge in [0.1, 0.15) is 0 Å². The average molecular weight is 338 g/mol. The normalized spacial score (nSPS) is 20.1. The van der Waals surface area contributed by atoms with Crippen LogP contribution in [0.5, 0.6) is 0 Å². The summed E-state index contributed by atoms with van der Waals surface area (Å²) >= 11 is 12.2. The minimum Gasteiger partial charge on any atom is -0.356 e. The lowest BCUT2D eigenvalue weighted by Gasteiger charge is -2.06. The molecule has 1 aliphatic rings. The third kappa shape index (κ3) is 4.26. The highest BCUT2D eigenvalue weighted by Gasteiger charge is 2.44. The molecule has 1 aromatic carbocycles. The topological polar surface area (TPSA) is 55.1 Å². The van der Waals surface area contributed by atoms with E-state index < -0.39 is 0 Å². The van der Waals surface area contributed by atoms with Crippen LogP contribution in [0.1, 0.15) is 30.7 Å². The van der Waals surface area contributed by atoms with Gasteiger partial charge in [0.25, 0.3) is 0 Å². The van der Waals surface area contributed by atoms with Crippen LogP contribution < -0.4 is 11.1 Å². The number of carbonyl (C=O) groups is 1. The largest absolute Gasteiger partial charge is 0.356 e. The van der Waals surface area contributed by atoms with Crippen LogP contribution in [0.4, 0.5) is 0 Å². The molecule has 0 aliphatic heterocycles. The molecule has 2 unspecified atom stereocenters. The summed E-state index contributed by atoms with van der Waals surface area (Å²) in [5.74, 6) is 0.354. The lowest BCUT2D eigenvalue weighted by molar-refractivity contribution is -0.122. The van der Waals surface area contributed by atoms with Crippen molar-refractivity contribution >= 4 is 41.5 Å². The molecular weight excluding hydrogens is 319 g/mol. The van der Waals surface area contributed by atoms with Gasteiger partial charge in [-0.15, -0.1) is 12.4 Å². The van der Waals surface area contributed by atoms with E-state index in [0.29, 0.717) is 23.1 Å². The highest BCUT2D eigenvalue weighted by Crippen LogP contribution is 2.50. The number of hydrogen-bond acceptors (Lipinski definition) is 2. The smallest absolute Gasteiger partial charge is 0.223 e. The standard InChI is InChI=1S/C14H18Cl2N2O.ClH/c15-12-5-3-4-9(13(12)16)10-8-11(10)14(19)18-7-2-1-6-17;/h3-5,10-11H,1-2,6-8,17H2,(H,18,19);1H. The Balaban J connectivity index is 0.00000200. The van der Waals surface area contributed by atoms with Crippen LogP contribution in [-0.2, 0) is 4.79 Å². The highest BCUT2D eigenvalue weighted by molar-refractivity contribution is 6.42. The molecule has 1 amide bonds. The average Bonchev–Trinajstić information content (AvgIpc) is 3.18. The first-order chi connectivity index (χ1) is 9.15. The van der Waals surface area contributed by atoms with Gasteiger partial charge in [0, 0.05) is 12.5 Å². The predicted octanol–water partition coefficient (Wildman–Crippen LogP) is 3.37. The predicted molar refractivity (Wildman–Crippen MR) is 85.9 cm³/mol. The van der Waals surface area contributed by atoms with Gasteiger partial charge in [0.2, 0.25) is 5.91 Å². The van der Waals surface area contributed by atoms with Crippen molar-refractivity contribution in [2.75, 3.05) is 13.1 Å². The fourth-order valence-corrected chi connectivity index (χ4v) is 2.70. The van der Waals surface area contributed by atoms with E-state index in [1.54, 1.807) is 6.07 Å². The van der Waals surface area contributed by atoms with Crippen molar-refractivity contribution in [1.29, 1.82) is 0 Å². The third-order valence-corrected chi connectivity index (χ3v) is 4.27. The van der Waals surface area contributed by atoms with Crippen molar-refractivity contribution in [2.45, 2.75) is 25.2 Å². The molecule has 1 fully saturated rings. The van der Waals surface area contributed by atoms with Crippen LogP contribution in [-0.4, -0.2) is 19.0 Å². The minimum atomic E-state index is 0. The van der Waals surface area contributed by atoms with Crippen LogP contribution >= 0.6 is 35.6 Å². The van der Waals surface area contributed by atoms with Gasteiger partial charge >= 0.3 is 0 Å². The first-order valence-electron chi connectivity index (χ1n) is 6.57. The van der Waals surface area contributed by atoms with Crippen molar-refractivity contribution in [2.24, 2.45) is 11.7 Å². The van der Waals surface area contributed by atoms with Gasteiger partial charge in [-0.2, -0.15) is 0 Å². The number of amides is 1. The number of nitrogens with one attached hydrogen (secondary N) is 1. The number of hydrogen-bond donors (Lipinski definition) is 2. The van der Waals surface area contributed by atoms with Crippen molar-refractivity contribution in [3.05, 3.63) is 33.8 Å². The maximum Gasteiger partial charge on any atom is 0.223 e. The fraction of sp³-hybridized carbons (Fsp3) is 0.500. The second kappa shape index (κ2) is 8.08. The molecule has 1 saturated carbocycles. The molecular formula is C14H19Cl3N2O. The summed E-state index contributed by atoms with van der Waals surface area (Å²) in [6.07, 6.45) is 2.72. The first kappa shape index (κ1) is 17.6. The van der Waals surface area contributed by atoms with Gasteiger partial charge in [0.15, 0.2) is 0 Å². The summed E-state index contributed by atoms with van der Waals surface area (Å²) in [7, 11) is 0. The Labute approximate surface area is 135 Å². The quantitative estimate of drug-likeness (QED) is 0.782. The fourth-order valence-electron chi connectivity index (χ4n) is 2.25. The summed E-state index contributed by atoms with van der Waals surface area (Å²) in [6, 6.07) is 5.58. The van der Waals surface area contributed by atoms with E-state index in [-0.39, 0.29) is 30.2 Å². The Morgan fingerprint density at radius 1 is 1.35 bits per heavy atom. The molecule has 1 aromatic rings. The van der Waals surface area contributed by atoms with Crippen molar-refractivity contribution < 1.29 is 4.79 Å². The SMILES string of the molecule is Cl.NCCCCNC(=O)C1CC1c1cccc(Cl)c1Cl. The number of unbranched alkanes of at least 4 members (excludes halogenated alkanes) is 1. The molecule has 20 heavy (non-hydrogen) atoms. The molecule has 0 saturated heterocycles. The molecule has 3 nitrogen and oxygen atoms in total. The molecule has 112 valence electrons. The van der Waals surface area contributed by atoms with Crippen LogP contribution in [0.2, 0.25) is 10.0 Å². The van der Waals surface area contributed by atoms with Gasteiger partial charge in [-0.05, 0) is 43.4 Å². The molecule has 0 radical (unpaired) electrons. The number of rotatable bonds is 6. The summed E-state index contributed by atoms with van der Waals surface area (Å²) in [5.41, 5.74) is 6.39. The highest BCUT2D eigenvalue weighted by atomic mass is 35.5. The first-order valence-corrected chi connectivity index (χ1v) is 7.32. The molecule has 0 bridgehead atoms. The van der Waals surface area contributed by atoms with Crippen LogP contribution in [0.15, 0.2) is 18.2 Å². The Morgan fingerprint density at radius 3 is 2.80 bits per heavy atom. The number of halogens is 3. The Bertz CT molecular complexity index is 468. The van der Waals surface area contributed by atoms with Gasteiger partial charge < -0.3 is 11.1 Å². The molecule has 0 heterocycles. The van der Waals surface area contributed by atoms with E-state index in [4.69, 9.17) is 28.9 Å². The number of nitrogens with two attached hydrogens (primary N) is 1. The molecule has 2 atom stereocenters. The van der Waals surface area contributed by atoms with E-state index in [9.17, 15) is 4.79 Å². The van der Waals surface area contributed by atoms with E-state index >= 15 is 0 Å². The van der Waals surface area contributed by atoms with Gasteiger partial charge in [-0.3, -0.25) is 4.79 Å². The second-order valence-corrected chi connectivity index (χ2v) is 5.66. The summed E-state index contributed by atoms with van der Waals surface area (Å²) in [4.78, 5) is 11.9. The van der Waals surface area contributed by atoms with Crippen LogP contribution in [0.3, 0.4) is 0 Å². The summed E-state index contributed by atoms with van der Waals surface area (Å²) in [6.45, 7) is 1.36. The lowest BCUT2D eigenvalue weighted by Crippen LogP contribution is -2.26. The van der Waals surface area contributed by atoms with Crippen LogP contribution in [0.25, 0.3) is 0 Å². The zero-order valence-corrected chi connectivity index (χ0v) is 13.4. The number of benzene rings is 1. The summed E-state index contributed by atoms with van der Waals surface area (Å²) < 4.78 is 0. The Hall–Kier alpha value is -0.480. The third-order valence-electron chi connectivity index (χ3n) is 3.44. The van der Waals surface area contributed by atoms with Crippen LogP contribution in [0, 0.1) is 5.92 Å². The van der Waals surface area contributed by atoms with Crippen molar-refractivity contribution in [3.63, 3.8) is 0 Å². The van der Waals surface area contributed by atoms with E-state index in [1.807, 2.05) is 12.1 Å². The Kier molecular flexibility index (Phi) is 7.10. The maximum absolute atomic E-state index is 11.9.